The monoisotopic (exact) mass is 192 g/mol. The highest BCUT2D eigenvalue weighted by Crippen LogP contribution is 2.09. The van der Waals surface area contributed by atoms with E-state index in [1.807, 2.05) is 24.5 Å². The van der Waals surface area contributed by atoms with Crippen LogP contribution < -0.4 is 0 Å². The fourth-order valence-electron chi connectivity index (χ4n) is 1.85. The molecule has 0 amide bonds. The van der Waals surface area contributed by atoms with Crippen LogP contribution >= 0.6 is 0 Å². The molecule has 1 saturated heterocycles. The van der Waals surface area contributed by atoms with E-state index in [0.717, 1.165) is 32.5 Å². The van der Waals surface area contributed by atoms with Crippen molar-refractivity contribution in [2.75, 3.05) is 19.6 Å². The van der Waals surface area contributed by atoms with Gasteiger partial charge in [-0.05, 0) is 30.5 Å². The van der Waals surface area contributed by atoms with E-state index < -0.39 is 0 Å². The smallest absolute Gasteiger partial charge is 0.0679 e. The molecule has 1 aromatic heterocycles. The zero-order chi connectivity index (χ0) is 9.80. The molecule has 3 nitrogen and oxygen atoms in total. The number of aromatic nitrogens is 1. The number of nitrogens with zero attached hydrogens (tertiary/aromatic N) is 2. The molecule has 1 aliphatic rings. The van der Waals surface area contributed by atoms with Gasteiger partial charge in [0.25, 0.3) is 0 Å². The van der Waals surface area contributed by atoms with Crippen LogP contribution in [0.5, 0.6) is 0 Å². The first kappa shape index (κ1) is 9.62. The molecule has 0 unspecified atom stereocenters. The molecule has 1 fully saturated rings. The molecule has 1 N–H and O–H groups in total. The molecule has 0 bridgehead atoms. The second-order valence-electron chi connectivity index (χ2n) is 3.85. The maximum absolute atomic E-state index is 9.35. The van der Waals surface area contributed by atoms with Gasteiger partial charge in [0.2, 0.25) is 0 Å². The number of hydrogen-bond acceptors (Lipinski definition) is 3. The van der Waals surface area contributed by atoms with Gasteiger partial charge in [0.05, 0.1) is 6.10 Å². The molecule has 1 aliphatic heterocycles. The third-order valence-electron chi connectivity index (χ3n) is 2.71. The Bertz CT molecular complexity index is 276. The lowest BCUT2D eigenvalue weighted by molar-refractivity contribution is 0.177. The highest BCUT2D eigenvalue weighted by molar-refractivity contribution is 5.09. The normalized spacial score (nSPS) is 22.8. The molecule has 1 atom stereocenters. The lowest BCUT2D eigenvalue weighted by Crippen LogP contribution is -2.24. The first-order chi connectivity index (χ1) is 6.84. The molecule has 2 heterocycles. The minimum absolute atomic E-state index is 0.104. The molecule has 3 heteroatoms. The van der Waals surface area contributed by atoms with Crippen molar-refractivity contribution >= 4 is 0 Å². The Morgan fingerprint density at radius 3 is 2.86 bits per heavy atom. The highest BCUT2D eigenvalue weighted by atomic mass is 16.3. The fourth-order valence-corrected chi connectivity index (χ4v) is 1.85. The topological polar surface area (TPSA) is 36.4 Å². The van der Waals surface area contributed by atoms with Crippen molar-refractivity contribution < 1.29 is 5.11 Å². The number of pyridine rings is 1. The van der Waals surface area contributed by atoms with Gasteiger partial charge in [-0.2, -0.15) is 0 Å². The van der Waals surface area contributed by atoms with E-state index in [-0.39, 0.29) is 6.10 Å². The molecule has 0 radical (unpaired) electrons. The minimum atomic E-state index is -0.104. The number of aliphatic hydroxyl groups excluding tert-OH is 1. The summed E-state index contributed by atoms with van der Waals surface area (Å²) in [5.74, 6) is 0. The van der Waals surface area contributed by atoms with Gasteiger partial charge < -0.3 is 10.0 Å². The molecule has 1 aromatic rings. The number of hydrogen-bond donors (Lipinski definition) is 1. The standard InChI is InChI=1S/C11H16N2O/c14-11-4-8-13(9-11)7-3-10-1-5-12-6-2-10/h1-2,5-6,11,14H,3-4,7-9H2/t11-/m0/s1. The number of β-amino-alcohol motifs (C(OH)–C–C–N with tert-alkyl or cyclic N) is 1. The van der Waals surface area contributed by atoms with Crippen molar-refractivity contribution in [2.24, 2.45) is 0 Å². The third kappa shape index (κ3) is 2.53. The summed E-state index contributed by atoms with van der Waals surface area (Å²) >= 11 is 0. The molecule has 14 heavy (non-hydrogen) atoms. The predicted octanol–water partition coefficient (Wildman–Crippen LogP) is 0.691. The van der Waals surface area contributed by atoms with Crippen molar-refractivity contribution in [3.8, 4) is 0 Å². The zero-order valence-electron chi connectivity index (χ0n) is 8.26. The quantitative estimate of drug-likeness (QED) is 0.765. The van der Waals surface area contributed by atoms with Crippen molar-refractivity contribution in [2.45, 2.75) is 18.9 Å². The Morgan fingerprint density at radius 2 is 2.21 bits per heavy atom. The summed E-state index contributed by atoms with van der Waals surface area (Å²) in [5.41, 5.74) is 1.32. The molecular formula is C11H16N2O. The van der Waals surface area contributed by atoms with Gasteiger partial charge in [0.1, 0.15) is 0 Å². The van der Waals surface area contributed by atoms with Crippen LogP contribution in [0, 0.1) is 0 Å². The van der Waals surface area contributed by atoms with Gasteiger partial charge in [-0.3, -0.25) is 4.98 Å². The second-order valence-corrected chi connectivity index (χ2v) is 3.85. The van der Waals surface area contributed by atoms with Gasteiger partial charge in [-0.1, -0.05) is 0 Å². The van der Waals surface area contributed by atoms with Crippen molar-refractivity contribution in [1.29, 1.82) is 0 Å². The molecule has 0 aromatic carbocycles. The Labute approximate surface area is 84.4 Å². The van der Waals surface area contributed by atoms with Gasteiger partial charge in [-0.15, -0.1) is 0 Å². The maximum Gasteiger partial charge on any atom is 0.0679 e. The summed E-state index contributed by atoms with van der Waals surface area (Å²) in [5, 5.41) is 9.35. The summed E-state index contributed by atoms with van der Waals surface area (Å²) in [7, 11) is 0. The summed E-state index contributed by atoms with van der Waals surface area (Å²) in [6, 6.07) is 4.10. The molecular weight excluding hydrogens is 176 g/mol. The minimum Gasteiger partial charge on any atom is -0.392 e. The number of aliphatic hydroxyl groups is 1. The van der Waals surface area contributed by atoms with E-state index in [2.05, 4.69) is 9.88 Å². The van der Waals surface area contributed by atoms with E-state index >= 15 is 0 Å². The van der Waals surface area contributed by atoms with Crippen LogP contribution in [-0.4, -0.2) is 40.7 Å². The first-order valence-corrected chi connectivity index (χ1v) is 5.14. The fraction of sp³-hybridized carbons (Fsp3) is 0.545. The summed E-state index contributed by atoms with van der Waals surface area (Å²) in [4.78, 5) is 6.29. The molecule has 0 spiro atoms. The first-order valence-electron chi connectivity index (χ1n) is 5.14. The average Bonchev–Trinajstić information content (AvgIpc) is 2.63. The number of likely N-dealkylation sites (tertiary alicyclic amines) is 1. The van der Waals surface area contributed by atoms with Crippen molar-refractivity contribution in [1.82, 2.24) is 9.88 Å². The SMILES string of the molecule is O[C@H]1CCN(CCc2ccncc2)C1. The van der Waals surface area contributed by atoms with E-state index in [4.69, 9.17) is 0 Å². The Morgan fingerprint density at radius 1 is 1.43 bits per heavy atom. The summed E-state index contributed by atoms with van der Waals surface area (Å²) < 4.78 is 0. The van der Waals surface area contributed by atoms with Gasteiger partial charge >= 0.3 is 0 Å². The molecule has 2 rings (SSSR count). The van der Waals surface area contributed by atoms with Crippen LogP contribution in [0.2, 0.25) is 0 Å². The molecule has 0 saturated carbocycles. The van der Waals surface area contributed by atoms with E-state index in [9.17, 15) is 5.11 Å². The highest BCUT2D eigenvalue weighted by Gasteiger charge is 2.19. The Balaban J connectivity index is 1.78. The third-order valence-corrected chi connectivity index (χ3v) is 2.71. The van der Waals surface area contributed by atoms with Crippen molar-refractivity contribution in [3.05, 3.63) is 30.1 Å². The van der Waals surface area contributed by atoms with Crippen LogP contribution in [0.4, 0.5) is 0 Å². The lowest BCUT2D eigenvalue weighted by Gasteiger charge is -2.14. The zero-order valence-corrected chi connectivity index (χ0v) is 8.26. The molecule has 76 valence electrons. The Kier molecular flexibility index (Phi) is 3.11. The van der Waals surface area contributed by atoms with Crippen LogP contribution in [0.25, 0.3) is 0 Å². The van der Waals surface area contributed by atoms with E-state index in [0.29, 0.717) is 0 Å². The number of rotatable bonds is 3. The van der Waals surface area contributed by atoms with Crippen LogP contribution in [-0.2, 0) is 6.42 Å². The largest absolute Gasteiger partial charge is 0.392 e. The maximum atomic E-state index is 9.35. The van der Waals surface area contributed by atoms with E-state index in [1.165, 1.54) is 5.56 Å². The van der Waals surface area contributed by atoms with Gasteiger partial charge in [-0.25, -0.2) is 0 Å². The van der Waals surface area contributed by atoms with Crippen LogP contribution in [0.1, 0.15) is 12.0 Å². The summed E-state index contributed by atoms with van der Waals surface area (Å²) in [6.07, 6.45) is 5.53. The van der Waals surface area contributed by atoms with Crippen LogP contribution in [0.3, 0.4) is 0 Å². The summed E-state index contributed by atoms with van der Waals surface area (Å²) in [6.45, 7) is 2.92. The average molecular weight is 192 g/mol. The van der Waals surface area contributed by atoms with Gasteiger partial charge in [0, 0.05) is 32.0 Å². The van der Waals surface area contributed by atoms with Gasteiger partial charge in [0.15, 0.2) is 0 Å². The van der Waals surface area contributed by atoms with E-state index in [1.54, 1.807) is 0 Å². The molecule has 0 aliphatic carbocycles. The predicted molar refractivity (Wildman–Crippen MR) is 55.0 cm³/mol. The lowest BCUT2D eigenvalue weighted by atomic mass is 10.2. The Hall–Kier alpha value is -0.930. The van der Waals surface area contributed by atoms with Crippen molar-refractivity contribution in [3.63, 3.8) is 0 Å². The second kappa shape index (κ2) is 4.53. The van der Waals surface area contributed by atoms with Crippen LogP contribution in [0.15, 0.2) is 24.5 Å².